The number of halogens is 1. The van der Waals surface area contributed by atoms with Crippen molar-refractivity contribution in [2.24, 2.45) is 0 Å². The van der Waals surface area contributed by atoms with Gasteiger partial charge in [0.1, 0.15) is 0 Å². The topological polar surface area (TPSA) is 46.3 Å². The summed E-state index contributed by atoms with van der Waals surface area (Å²) in [5.74, 6) is 0.0764. The average Bonchev–Trinajstić information content (AvgIpc) is 2.44. The summed E-state index contributed by atoms with van der Waals surface area (Å²) in [6, 6.07) is 11.8. The van der Waals surface area contributed by atoms with Crippen molar-refractivity contribution in [3.63, 3.8) is 0 Å². The van der Waals surface area contributed by atoms with Gasteiger partial charge in [0, 0.05) is 28.8 Å². The third-order valence-electron chi connectivity index (χ3n) is 3.82. The van der Waals surface area contributed by atoms with E-state index in [0.717, 1.165) is 39.8 Å². The Morgan fingerprint density at radius 2 is 2.00 bits per heavy atom. The van der Waals surface area contributed by atoms with Crippen molar-refractivity contribution in [2.45, 2.75) is 19.9 Å². The Balaban J connectivity index is 1.86. The molecule has 0 spiro atoms. The maximum Gasteiger partial charge on any atom is 0.254 e. The molecule has 0 fully saturated rings. The summed E-state index contributed by atoms with van der Waals surface area (Å²) in [4.78, 5) is 14.6. The van der Waals surface area contributed by atoms with Crippen LogP contribution in [0.3, 0.4) is 0 Å². The molecule has 1 aliphatic rings. The minimum absolute atomic E-state index is 0.0764. The van der Waals surface area contributed by atoms with E-state index in [1.165, 1.54) is 5.56 Å². The first-order valence-corrected chi connectivity index (χ1v) is 7.76. The Labute approximate surface area is 132 Å². The van der Waals surface area contributed by atoms with Gasteiger partial charge in [-0.2, -0.15) is 0 Å². The molecular weight excluding hydrogens is 328 g/mol. The van der Waals surface area contributed by atoms with Gasteiger partial charge in [0.15, 0.2) is 0 Å². The van der Waals surface area contributed by atoms with Gasteiger partial charge >= 0.3 is 0 Å². The highest BCUT2D eigenvalue weighted by Gasteiger charge is 2.22. The Morgan fingerprint density at radius 3 is 2.76 bits per heavy atom. The fraction of sp³-hybridized carbons (Fsp3) is 0.235. The van der Waals surface area contributed by atoms with Crippen molar-refractivity contribution >= 4 is 27.5 Å². The standard InChI is InChI=1S/C17H17BrN2O/c1-11-6-13(8-15(18)7-11)17(21)20-5-4-12-2-3-16(19)9-14(12)10-20/h2-3,6-9H,4-5,10,19H2,1H3. The van der Waals surface area contributed by atoms with E-state index in [1.807, 2.05) is 42.2 Å². The maximum absolute atomic E-state index is 12.7. The number of carbonyl (C=O) groups is 1. The molecule has 0 bridgehead atoms. The number of aryl methyl sites for hydroxylation is 1. The Kier molecular flexibility index (Phi) is 3.72. The highest BCUT2D eigenvalue weighted by molar-refractivity contribution is 9.10. The van der Waals surface area contributed by atoms with Crippen LogP contribution in [0, 0.1) is 6.92 Å². The molecule has 2 aromatic carbocycles. The number of hydrogen-bond acceptors (Lipinski definition) is 2. The zero-order chi connectivity index (χ0) is 15.0. The maximum atomic E-state index is 12.7. The molecular formula is C17H17BrN2O. The van der Waals surface area contributed by atoms with Crippen molar-refractivity contribution < 1.29 is 4.79 Å². The lowest BCUT2D eigenvalue weighted by molar-refractivity contribution is 0.0734. The van der Waals surface area contributed by atoms with E-state index in [9.17, 15) is 4.79 Å². The molecule has 3 rings (SSSR count). The summed E-state index contributed by atoms with van der Waals surface area (Å²) < 4.78 is 0.938. The van der Waals surface area contributed by atoms with E-state index in [-0.39, 0.29) is 5.91 Å². The number of fused-ring (bicyclic) bond motifs is 1. The molecule has 2 aromatic rings. The molecule has 108 valence electrons. The number of nitrogens with two attached hydrogens (primary N) is 1. The van der Waals surface area contributed by atoms with Crippen LogP contribution in [-0.2, 0) is 13.0 Å². The number of carbonyl (C=O) groups excluding carboxylic acids is 1. The molecule has 0 aromatic heterocycles. The van der Waals surface area contributed by atoms with Crippen LogP contribution in [0.1, 0.15) is 27.0 Å². The third-order valence-corrected chi connectivity index (χ3v) is 4.28. The summed E-state index contributed by atoms with van der Waals surface area (Å²) in [6.45, 7) is 3.37. The molecule has 0 atom stereocenters. The van der Waals surface area contributed by atoms with Crippen LogP contribution in [0.25, 0.3) is 0 Å². The van der Waals surface area contributed by atoms with E-state index in [4.69, 9.17) is 5.73 Å². The van der Waals surface area contributed by atoms with Gasteiger partial charge in [-0.25, -0.2) is 0 Å². The molecule has 3 nitrogen and oxygen atoms in total. The number of amides is 1. The van der Waals surface area contributed by atoms with Crippen molar-refractivity contribution in [2.75, 3.05) is 12.3 Å². The lowest BCUT2D eigenvalue weighted by Crippen LogP contribution is -2.36. The SMILES string of the molecule is Cc1cc(Br)cc(C(=O)N2CCc3ccc(N)cc3C2)c1. The molecule has 0 aliphatic carbocycles. The smallest absolute Gasteiger partial charge is 0.254 e. The molecule has 1 heterocycles. The second-order valence-corrected chi connectivity index (χ2v) is 6.44. The van der Waals surface area contributed by atoms with Crippen LogP contribution in [0.4, 0.5) is 5.69 Å². The fourth-order valence-corrected chi connectivity index (χ4v) is 3.40. The van der Waals surface area contributed by atoms with Gasteiger partial charge in [0.2, 0.25) is 0 Å². The summed E-state index contributed by atoms with van der Waals surface area (Å²) in [7, 11) is 0. The van der Waals surface area contributed by atoms with Crippen LogP contribution in [-0.4, -0.2) is 17.4 Å². The minimum Gasteiger partial charge on any atom is -0.399 e. The van der Waals surface area contributed by atoms with Crippen LogP contribution in [0.2, 0.25) is 0 Å². The number of nitrogens with zero attached hydrogens (tertiary/aromatic N) is 1. The molecule has 1 amide bonds. The quantitative estimate of drug-likeness (QED) is 0.804. The van der Waals surface area contributed by atoms with Crippen LogP contribution in [0.15, 0.2) is 40.9 Å². The number of benzene rings is 2. The van der Waals surface area contributed by atoms with E-state index >= 15 is 0 Å². The number of anilines is 1. The van der Waals surface area contributed by atoms with Gasteiger partial charge in [0.05, 0.1) is 0 Å². The third kappa shape index (κ3) is 2.95. The molecule has 2 N–H and O–H groups in total. The molecule has 0 unspecified atom stereocenters. The summed E-state index contributed by atoms with van der Waals surface area (Å²) in [5.41, 5.74) is 10.8. The van der Waals surface area contributed by atoms with Gasteiger partial charge in [0.25, 0.3) is 5.91 Å². The van der Waals surface area contributed by atoms with E-state index in [2.05, 4.69) is 22.0 Å². The second-order valence-electron chi connectivity index (χ2n) is 5.52. The lowest BCUT2D eigenvalue weighted by atomic mass is 9.98. The predicted octanol–water partition coefficient (Wildman–Crippen LogP) is 3.54. The molecule has 0 saturated carbocycles. The molecule has 21 heavy (non-hydrogen) atoms. The zero-order valence-electron chi connectivity index (χ0n) is 11.9. The van der Waals surface area contributed by atoms with Gasteiger partial charge < -0.3 is 10.6 Å². The Bertz CT molecular complexity index is 692. The first-order valence-electron chi connectivity index (χ1n) is 6.97. The van der Waals surface area contributed by atoms with E-state index in [1.54, 1.807) is 0 Å². The van der Waals surface area contributed by atoms with E-state index in [0.29, 0.717) is 6.54 Å². The number of rotatable bonds is 1. The summed E-state index contributed by atoms with van der Waals surface area (Å²) >= 11 is 3.45. The largest absolute Gasteiger partial charge is 0.399 e. The van der Waals surface area contributed by atoms with Crippen molar-refractivity contribution in [1.29, 1.82) is 0 Å². The zero-order valence-corrected chi connectivity index (χ0v) is 13.5. The first kappa shape index (κ1) is 14.1. The monoisotopic (exact) mass is 344 g/mol. The fourth-order valence-electron chi connectivity index (χ4n) is 2.79. The van der Waals surface area contributed by atoms with Gasteiger partial charge in [-0.3, -0.25) is 4.79 Å². The van der Waals surface area contributed by atoms with Crippen LogP contribution in [0.5, 0.6) is 0 Å². The minimum atomic E-state index is 0.0764. The Hall–Kier alpha value is -1.81. The summed E-state index contributed by atoms with van der Waals surface area (Å²) in [5, 5.41) is 0. The Morgan fingerprint density at radius 1 is 1.19 bits per heavy atom. The van der Waals surface area contributed by atoms with Gasteiger partial charge in [-0.05, 0) is 60.4 Å². The normalized spacial score (nSPS) is 13.9. The molecule has 1 aliphatic heterocycles. The predicted molar refractivity (Wildman–Crippen MR) is 88.2 cm³/mol. The number of hydrogen-bond donors (Lipinski definition) is 1. The van der Waals surface area contributed by atoms with Crippen molar-refractivity contribution in [3.8, 4) is 0 Å². The molecule has 0 radical (unpaired) electrons. The summed E-state index contributed by atoms with van der Waals surface area (Å²) in [6.07, 6.45) is 0.883. The number of nitrogen functional groups attached to an aromatic ring is 1. The van der Waals surface area contributed by atoms with Crippen molar-refractivity contribution in [3.05, 3.63) is 63.1 Å². The highest BCUT2D eigenvalue weighted by atomic mass is 79.9. The van der Waals surface area contributed by atoms with Gasteiger partial charge in [-0.15, -0.1) is 0 Å². The van der Waals surface area contributed by atoms with Gasteiger partial charge in [-0.1, -0.05) is 22.0 Å². The van der Waals surface area contributed by atoms with Crippen LogP contribution < -0.4 is 5.73 Å². The lowest BCUT2D eigenvalue weighted by Gasteiger charge is -2.29. The molecule has 4 heteroatoms. The van der Waals surface area contributed by atoms with Crippen LogP contribution >= 0.6 is 15.9 Å². The van der Waals surface area contributed by atoms with E-state index < -0.39 is 0 Å². The average molecular weight is 345 g/mol. The highest BCUT2D eigenvalue weighted by Crippen LogP contribution is 2.24. The molecule has 0 saturated heterocycles. The second kappa shape index (κ2) is 5.53. The first-order chi connectivity index (χ1) is 10.0. The van der Waals surface area contributed by atoms with Crippen molar-refractivity contribution in [1.82, 2.24) is 4.90 Å².